The Hall–Kier alpha value is -3.58. The third kappa shape index (κ3) is 6.72. The van der Waals surface area contributed by atoms with Crippen LogP contribution in [0.4, 0.5) is 11.4 Å². The number of anilines is 2. The van der Waals surface area contributed by atoms with Gasteiger partial charge in [-0.25, -0.2) is 0 Å². The molecule has 1 atom stereocenters. The van der Waals surface area contributed by atoms with Crippen LogP contribution in [0, 0.1) is 6.92 Å². The van der Waals surface area contributed by atoms with Gasteiger partial charge < -0.3 is 15.7 Å². The fourth-order valence-corrected chi connectivity index (χ4v) is 4.03. The average Bonchev–Trinajstić information content (AvgIpc) is 2.79. The summed E-state index contributed by atoms with van der Waals surface area (Å²) in [5.41, 5.74) is 3.22. The largest absolute Gasteiger partial charge is 0.481 e. The topological polar surface area (TPSA) is 95.5 Å². The van der Waals surface area contributed by atoms with Gasteiger partial charge in [-0.3, -0.25) is 14.4 Å². The first-order valence-corrected chi connectivity index (χ1v) is 11.0. The fourth-order valence-electron chi connectivity index (χ4n) is 3.01. The van der Waals surface area contributed by atoms with Crippen molar-refractivity contribution in [2.24, 2.45) is 0 Å². The Labute approximate surface area is 191 Å². The molecule has 32 heavy (non-hydrogen) atoms. The second kappa shape index (κ2) is 11.2. The first kappa shape index (κ1) is 23.1. The van der Waals surface area contributed by atoms with E-state index in [2.05, 4.69) is 10.6 Å². The van der Waals surface area contributed by atoms with E-state index in [0.29, 0.717) is 5.69 Å². The molecule has 0 aromatic heterocycles. The predicted octanol–water partition coefficient (Wildman–Crippen LogP) is 5.27. The van der Waals surface area contributed by atoms with Gasteiger partial charge in [0.15, 0.2) is 0 Å². The molecule has 0 saturated heterocycles. The number of aryl methyl sites for hydroxylation is 1. The number of carboxylic acid groups (broad SMARTS) is 1. The maximum absolute atomic E-state index is 13.2. The number of carbonyl (C=O) groups excluding carboxylic acids is 2. The summed E-state index contributed by atoms with van der Waals surface area (Å²) in [6.45, 7) is 1.95. The number of amides is 2. The highest BCUT2D eigenvalue weighted by Gasteiger charge is 2.22. The van der Waals surface area contributed by atoms with Gasteiger partial charge in [0.2, 0.25) is 11.8 Å². The normalized spacial score (nSPS) is 11.4. The summed E-state index contributed by atoms with van der Waals surface area (Å²) in [6.07, 6.45) is -0.296. The zero-order valence-electron chi connectivity index (χ0n) is 17.6. The summed E-state index contributed by atoms with van der Waals surface area (Å²) in [7, 11) is 0. The molecular formula is C25H24N2O4S. The van der Waals surface area contributed by atoms with Gasteiger partial charge >= 0.3 is 5.97 Å². The highest BCUT2D eigenvalue weighted by atomic mass is 32.2. The molecule has 7 heteroatoms. The standard InChI is InChI=1S/C25H24N2O4S/c1-17-7-5-6-10-21(17)27-25(31)24(18-8-3-2-4-9-18)32-20-13-11-19(12-14-20)26-22(28)15-16-23(29)30/h2-14,24H,15-16H2,1H3,(H,26,28)(H,27,31)(H,29,30). The van der Waals surface area contributed by atoms with Crippen LogP contribution < -0.4 is 10.6 Å². The molecule has 0 heterocycles. The molecule has 0 aliphatic carbocycles. The van der Waals surface area contributed by atoms with Crippen LogP contribution in [0.25, 0.3) is 0 Å². The van der Waals surface area contributed by atoms with Crippen LogP contribution in [-0.2, 0) is 14.4 Å². The minimum Gasteiger partial charge on any atom is -0.481 e. The van der Waals surface area contributed by atoms with Gasteiger partial charge in [-0.15, -0.1) is 11.8 Å². The van der Waals surface area contributed by atoms with E-state index < -0.39 is 11.2 Å². The Morgan fingerprint density at radius 3 is 2.16 bits per heavy atom. The molecule has 3 aromatic carbocycles. The van der Waals surface area contributed by atoms with Crippen LogP contribution in [0.15, 0.2) is 83.8 Å². The summed E-state index contributed by atoms with van der Waals surface area (Å²) in [4.78, 5) is 36.5. The number of para-hydroxylation sites is 1. The van der Waals surface area contributed by atoms with Crippen molar-refractivity contribution in [3.63, 3.8) is 0 Å². The second-order valence-electron chi connectivity index (χ2n) is 7.18. The van der Waals surface area contributed by atoms with E-state index in [1.165, 1.54) is 11.8 Å². The molecule has 2 amide bonds. The highest BCUT2D eigenvalue weighted by Crippen LogP contribution is 2.37. The molecule has 0 aliphatic rings. The maximum atomic E-state index is 13.2. The Bertz CT molecular complexity index is 1080. The van der Waals surface area contributed by atoms with Crippen LogP contribution in [-0.4, -0.2) is 22.9 Å². The minimum absolute atomic E-state index is 0.0824. The van der Waals surface area contributed by atoms with Gasteiger partial charge in [0, 0.05) is 22.7 Å². The smallest absolute Gasteiger partial charge is 0.303 e. The third-order valence-electron chi connectivity index (χ3n) is 4.70. The lowest BCUT2D eigenvalue weighted by molar-refractivity contribution is -0.138. The van der Waals surface area contributed by atoms with E-state index in [-0.39, 0.29) is 24.7 Å². The van der Waals surface area contributed by atoms with E-state index in [1.54, 1.807) is 12.1 Å². The second-order valence-corrected chi connectivity index (χ2v) is 8.36. The first-order valence-electron chi connectivity index (χ1n) is 10.1. The number of rotatable bonds is 9. The lowest BCUT2D eigenvalue weighted by Crippen LogP contribution is -2.19. The zero-order chi connectivity index (χ0) is 22.9. The minimum atomic E-state index is -1.01. The fraction of sp³-hybridized carbons (Fsp3) is 0.160. The molecule has 0 radical (unpaired) electrons. The number of nitrogens with one attached hydrogen (secondary N) is 2. The van der Waals surface area contributed by atoms with Gasteiger partial charge in [0.05, 0.1) is 6.42 Å². The van der Waals surface area contributed by atoms with E-state index in [4.69, 9.17) is 5.11 Å². The molecule has 0 fully saturated rings. The summed E-state index contributed by atoms with van der Waals surface area (Å²) < 4.78 is 0. The van der Waals surface area contributed by atoms with Crippen molar-refractivity contribution < 1.29 is 19.5 Å². The quantitative estimate of drug-likeness (QED) is 0.388. The van der Waals surface area contributed by atoms with E-state index in [9.17, 15) is 14.4 Å². The Kier molecular flexibility index (Phi) is 8.05. The number of hydrogen-bond acceptors (Lipinski definition) is 4. The number of benzene rings is 3. The molecule has 0 saturated carbocycles. The van der Waals surface area contributed by atoms with Crippen molar-refractivity contribution in [3.05, 3.63) is 90.0 Å². The first-order chi connectivity index (χ1) is 15.4. The number of carboxylic acids is 1. The average molecular weight is 449 g/mol. The van der Waals surface area contributed by atoms with Gasteiger partial charge in [0.25, 0.3) is 0 Å². The molecule has 164 valence electrons. The molecular weight excluding hydrogens is 424 g/mol. The van der Waals surface area contributed by atoms with Gasteiger partial charge in [-0.1, -0.05) is 48.5 Å². The maximum Gasteiger partial charge on any atom is 0.303 e. The van der Waals surface area contributed by atoms with E-state index in [1.807, 2.05) is 73.7 Å². The van der Waals surface area contributed by atoms with Gasteiger partial charge in [0.1, 0.15) is 5.25 Å². The van der Waals surface area contributed by atoms with E-state index >= 15 is 0 Å². The summed E-state index contributed by atoms with van der Waals surface area (Å²) >= 11 is 1.41. The van der Waals surface area contributed by atoms with Crippen molar-refractivity contribution in [3.8, 4) is 0 Å². The summed E-state index contributed by atoms with van der Waals surface area (Å²) in [5.74, 6) is -1.49. The van der Waals surface area contributed by atoms with Crippen molar-refractivity contribution in [2.75, 3.05) is 10.6 Å². The lowest BCUT2D eigenvalue weighted by Gasteiger charge is -2.18. The van der Waals surface area contributed by atoms with Crippen molar-refractivity contribution in [2.45, 2.75) is 29.9 Å². The number of hydrogen-bond donors (Lipinski definition) is 3. The Morgan fingerprint density at radius 2 is 1.50 bits per heavy atom. The number of thioether (sulfide) groups is 1. The zero-order valence-corrected chi connectivity index (χ0v) is 18.4. The molecule has 6 nitrogen and oxygen atoms in total. The predicted molar refractivity (Wildman–Crippen MR) is 127 cm³/mol. The van der Waals surface area contributed by atoms with Crippen LogP contribution in [0.3, 0.4) is 0 Å². The number of carbonyl (C=O) groups is 3. The van der Waals surface area contributed by atoms with Crippen LogP contribution in [0.1, 0.15) is 29.2 Å². The monoisotopic (exact) mass is 448 g/mol. The molecule has 3 rings (SSSR count). The Morgan fingerprint density at radius 1 is 0.844 bits per heavy atom. The highest BCUT2D eigenvalue weighted by molar-refractivity contribution is 8.00. The molecule has 3 aromatic rings. The molecule has 3 N–H and O–H groups in total. The van der Waals surface area contributed by atoms with Crippen LogP contribution in [0.5, 0.6) is 0 Å². The third-order valence-corrected chi connectivity index (χ3v) is 5.97. The lowest BCUT2D eigenvalue weighted by atomic mass is 10.1. The summed E-state index contributed by atoms with van der Waals surface area (Å²) in [6, 6.07) is 24.3. The number of aliphatic carboxylic acids is 1. The van der Waals surface area contributed by atoms with Crippen molar-refractivity contribution in [1.82, 2.24) is 0 Å². The molecule has 0 bridgehead atoms. The molecule has 1 unspecified atom stereocenters. The van der Waals surface area contributed by atoms with Crippen molar-refractivity contribution in [1.29, 1.82) is 0 Å². The van der Waals surface area contributed by atoms with Crippen molar-refractivity contribution >= 4 is 40.9 Å². The van der Waals surface area contributed by atoms with E-state index in [0.717, 1.165) is 21.7 Å². The molecule has 0 aliphatic heterocycles. The summed E-state index contributed by atoms with van der Waals surface area (Å²) in [5, 5.41) is 13.9. The van der Waals surface area contributed by atoms with Crippen LogP contribution in [0.2, 0.25) is 0 Å². The van der Waals surface area contributed by atoms with Gasteiger partial charge in [-0.2, -0.15) is 0 Å². The van der Waals surface area contributed by atoms with Gasteiger partial charge in [-0.05, 0) is 48.4 Å². The molecule has 0 spiro atoms. The van der Waals surface area contributed by atoms with Crippen LogP contribution >= 0.6 is 11.8 Å². The Balaban J connectivity index is 1.72. The SMILES string of the molecule is Cc1ccccc1NC(=O)C(Sc1ccc(NC(=O)CCC(=O)O)cc1)c1ccccc1.